The van der Waals surface area contributed by atoms with Crippen LogP contribution in [-0.4, -0.2) is 42.8 Å². The van der Waals surface area contributed by atoms with Gasteiger partial charge in [0.05, 0.1) is 24.0 Å². The van der Waals surface area contributed by atoms with Crippen molar-refractivity contribution >= 4 is 41.0 Å². The van der Waals surface area contributed by atoms with Crippen LogP contribution in [0.2, 0.25) is 0 Å². The van der Waals surface area contributed by atoms with Gasteiger partial charge in [0.2, 0.25) is 0 Å². The van der Waals surface area contributed by atoms with Gasteiger partial charge in [-0.15, -0.1) is 11.8 Å². The molecule has 1 atom stereocenters. The van der Waals surface area contributed by atoms with Crippen molar-refractivity contribution < 1.29 is 28.6 Å². The molecule has 1 N–H and O–H groups in total. The molecule has 1 unspecified atom stereocenters. The van der Waals surface area contributed by atoms with Crippen LogP contribution < -0.4 is 19.7 Å². The smallest absolute Gasteiger partial charge is 0.343 e. The number of nitrogens with zero attached hydrogens (tertiary/aromatic N) is 1. The summed E-state index contributed by atoms with van der Waals surface area (Å²) in [6, 6.07) is 17.7. The molecule has 3 aromatic rings. The molecule has 1 amide bonds. The molecule has 5 rings (SSSR count). The van der Waals surface area contributed by atoms with Gasteiger partial charge >= 0.3 is 11.9 Å². The van der Waals surface area contributed by atoms with Gasteiger partial charge in [0.25, 0.3) is 5.91 Å². The second-order valence-corrected chi connectivity index (χ2v) is 11.9. The number of hydrogen-bond donors (Lipinski definition) is 1. The van der Waals surface area contributed by atoms with Gasteiger partial charge < -0.3 is 24.4 Å². The quantitative estimate of drug-likeness (QED) is 0.264. The Kier molecular flexibility index (Phi) is 7.82. The number of methoxy groups -OCH3 is 1. The van der Waals surface area contributed by atoms with E-state index in [0.717, 1.165) is 16.2 Å². The van der Waals surface area contributed by atoms with E-state index >= 15 is 0 Å². The Balaban J connectivity index is 1.52. The van der Waals surface area contributed by atoms with Gasteiger partial charge in [-0.1, -0.05) is 30.3 Å². The summed E-state index contributed by atoms with van der Waals surface area (Å²) in [5, 5.41) is 3.04. The first kappa shape index (κ1) is 28.3. The molecule has 9 heteroatoms. The molecule has 0 saturated carbocycles. The Morgan fingerprint density at radius 3 is 2.49 bits per heavy atom. The van der Waals surface area contributed by atoms with E-state index in [4.69, 9.17) is 14.2 Å². The van der Waals surface area contributed by atoms with Gasteiger partial charge in [-0.25, -0.2) is 4.79 Å². The molecule has 0 spiro atoms. The molecule has 0 bridgehead atoms. The maximum absolute atomic E-state index is 13.3. The van der Waals surface area contributed by atoms with Gasteiger partial charge in [0.15, 0.2) is 0 Å². The number of carbonyl (C=O) groups is 3. The van der Waals surface area contributed by atoms with Gasteiger partial charge in [-0.3, -0.25) is 9.59 Å². The number of benzene rings is 3. The lowest BCUT2D eigenvalue weighted by Crippen LogP contribution is -2.52. The number of carbonyl (C=O) groups excluding carboxylic acids is 3. The number of esters is 2. The highest BCUT2D eigenvalue weighted by Crippen LogP contribution is 2.45. The molecule has 0 saturated heterocycles. The zero-order chi connectivity index (χ0) is 29.3. The first-order chi connectivity index (χ1) is 19.6. The van der Waals surface area contributed by atoms with Crippen molar-refractivity contribution in [3.8, 4) is 22.6 Å². The topological polar surface area (TPSA) is 94.2 Å². The number of anilines is 2. The van der Waals surface area contributed by atoms with Crippen LogP contribution in [0, 0.1) is 0 Å². The number of ether oxygens (including phenoxy) is 3. The number of allylic oxidation sites excluding steroid dienone is 2. The number of amides is 1. The molecular formula is C32H32N2O6S. The maximum atomic E-state index is 13.3. The number of thioether (sulfide) groups is 1. The summed E-state index contributed by atoms with van der Waals surface area (Å²) in [6.07, 6.45) is 2.65. The molecular weight excluding hydrogens is 540 g/mol. The summed E-state index contributed by atoms with van der Waals surface area (Å²) in [6.45, 7) is 5.59. The number of likely N-dealkylation sites (N-methyl/N-ethyl adjacent to an activating group) is 1. The first-order valence-corrected chi connectivity index (χ1v) is 14.1. The van der Waals surface area contributed by atoms with E-state index in [9.17, 15) is 14.4 Å². The van der Waals surface area contributed by atoms with Crippen molar-refractivity contribution in [3.05, 3.63) is 82.8 Å². The predicted molar refractivity (Wildman–Crippen MR) is 160 cm³/mol. The molecule has 2 aliphatic heterocycles. The van der Waals surface area contributed by atoms with Crippen molar-refractivity contribution in [2.75, 3.05) is 24.4 Å². The van der Waals surface area contributed by atoms with Crippen LogP contribution in [0.1, 0.15) is 43.1 Å². The SMILES string of the molecule is COc1cc(OC(=O)c2ccccc2)ccc1-c1ccc2c(c1COC(=O)C1CC=C(C)S1)N(C)C(=O)C(C)(C)N2. The van der Waals surface area contributed by atoms with E-state index in [-0.39, 0.29) is 23.7 Å². The molecule has 0 fully saturated rings. The van der Waals surface area contributed by atoms with Crippen LogP contribution in [0.4, 0.5) is 11.4 Å². The largest absolute Gasteiger partial charge is 0.496 e. The second-order valence-electron chi connectivity index (χ2n) is 10.5. The maximum Gasteiger partial charge on any atom is 0.343 e. The fraction of sp³-hybridized carbons (Fsp3) is 0.281. The van der Waals surface area contributed by atoms with Crippen molar-refractivity contribution in [3.63, 3.8) is 0 Å². The molecule has 0 radical (unpaired) electrons. The standard InChI is InChI=1S/C32H32N2O6S/c1-19-11-16-27(41-19)30(36)39-18-24-22(14-15-25-28(24)34(4)31(37)32(2,3)33-25)23-13-12-21(17-26(23)38-5)40-29(35)20-9-7-6-8-10-20/h6-15,17,27,33H,16,18H2,1-5H3. The summed E-state index contributed by atoms with van der Waals surface area (Å²) in [5.74, 6) is -0.122. The Morgan fingerprint density at radius 1 is 1.07 bits per heavy atom. The fourth-order valence-electron chi connectivity index (χ4n) is 5.10. The van der Waals surface area contributed by atoms with Crippen LogP contribution in [0.25, 0.3) is 11.1 Å². The van der Waals surface area contributed by atoms with Gasteiger partial charge in [0.1, 0.15) is 28.9 Å². The van der Waals surface area contributed by atoms with Crippen LogP contribution in [0.3, 0.4) is 0 Å². The number of nitrogens with one attached hydrogen (secondary N) is 1. The van der Waals surface area contributed by atoms with E-state index in [1.807, 2.05) is 45.0 Å². The molecule has 212 valence electrons. The number of rotatable bonds is 7. The average Bonchev–Trinajstić information content (AvgIpc) is 3.41. The van der Waals surface area contributed by atoms with Gasteiger partial charge in [-0.05, 0) is 68.0 Å². The number of hydrogen-bond acceptors (Lipinski definition) is 8. The van der Waals surface area contributed by atoms with Gasteiger partial charge in [-0.2, -0.15) is 0 Å². The van der Waals surface area contributed by atoms with Crippen LogP contribution in [0.15, 0.2) is 71.6 Å². The minimum atomic E-state index is -0.803. The van der Waals surface area contributed by atoms with Crippen LogP contribution >= 0.6 is 11.8 Å². The highest BCUT2D eigenvalue weighted by molar-refractivity contribution is 8.04. The predicted octanol–water partition coefficient (Wildman–Crippen LogP) is 6.20. The zero-order valence-corrected chi connectivity index (χ0v) is 24.5. The molecule has 0 aliphatic carbocycles. The summed E-state index contributed by atoms with van der Waals surface area (Å²) in [4.78, 5) is 41.5. The minimum absolute atomic E-state index is 0.0406. The molecule has 2 aliphatic rings. The lowest BCUT2D eigenvalue weighted by Gasteiger charge is -2.39. The Bertz CT molecular complexity index is 1550. The molecule has 3 aromatic carbocycles. The van der Waals surface area contributed by atoms with E-state index in [1.54, 1.807) is 54.4 Å². The molecule has 8 nitrogen and oxygen atoms in total. The monoisotopic (exact) mass is 572 g/mol. The normalized spacial score (nSPS) is 17.3. The van der Waals surface area contributed by atoms with Gasteiger partial charge in [0, 0.05) is 24.2 Å². The average molecular weight is 573 g/mol. The van der Waals surface area contributed by atoms with Crippen molar-refractivity contribution in [2.45, 2.75) is 44.6 Å². The number of fused-ring (bicyclic) bond motifs is 1. The fourth-order valence-corrected chi connectivity index (χ4v) is 6.10. The summed E-state index contributed by atoms with van der Waals surface area (Å²) < 4.78 is 17.2. The van der Waals surface area contributed by atoms with E-state index < -0.39 is 11.5 Å². The lowest BCUT2D eigenvalue weighted by molar-refractivity contribution is -0.144. The Hall–Kier alpha value is -4.24. The second kappa shape index (κ2) is 11.3. The minimum Gasteiger partial charge on any atom is -0.496 e. The van der Waals surface area contributed by atoms with E-state index in [1.165, 1.54) is 18.9 Å². The first-order valence-electron chi connectivity index (χ1n) is 13.3. The van der Waals surface area contributed by atoms with Crippen molar-refractivity contribution in [2.24, 2.45) is 0 Å². The van der Waals surface area contributed by atoms with Crippen molar-refractivity contribution in [1.29, 1.82) is 0 Å². The van der Waals surface area contributed by atoms with E-state index in [0.29, 0.717) is 40.3 Å². The third-order valence-electron chi connectivity index (χ3n) is 7.16. The highest BCUT2D eigenvalue weighted by Gasteiger charge is 2.39. The van der Waals surface area contributed by atoms with Crippen LogP contribution in [-0.2, 0) is 20.9 Å². The zero-order valence-electron chi connectivity index (χ0n) is 23.6. The highest BCUT2D eigenvalue weighted by atomic mass is 32.2. The summed E-state index contributed by atoms with van der Waals surface area (Å²) in [7, 11) is 3.26. The summed E-state index contributed by atoms with van der Waals surface area (Å²) >= 11 is 1.50. The lowest BCUT2D eigenvalue weighted by atomic mass is 9.91. The third kappa shape index (κ3) is 5.67. The Morgan fingerprint density at radius 2 is 1.80 bits per heavy atom. The van der Waals surface area contributed by atoms with Crippen molar-refractivity contribution in [1.82, 2.24) is 0 Å². The Labute approximate surface area is 243 Å². The summed E-state index contributed by atoms with van der Waals surface area (Å²) in [5.41, 5.74) is 3.10. The molecule has 41 heavy (non-hydrogen) atoms. The third-order valence-corrected chi connectivity index (χ3v) is 8.36. The molecule has 0 aromatic heterocycles. The van der Waals surface area contributed by atoms with Crippen LogP contribution in [0.5, 0.6) is 11.5 Å². The van der Waals surface area contributed by atoms with E-state index in [2.05, 4.69) is 5.32 Å². The molecule has 2 heterocycles.